The van der Waals surface area contributed by atoms with Gasteiger partial charge in [0.05, 0.1) is 12.6 Å². The van der Waals surface area contributed by atoms with Gasteiger partial charge in [-0.05, 0) is 32.1 Å². The second-order valence-corrected chi connectivity index (χ2v) is 5.02. The van der Waals surface area contributed by atoms with Crippen LogP contribution < -0.4 is 10.6 Å². The highest BCUT2D eigenvalue weighted by Gasteiger charge is 2.22. The lowest BCUT2D eigenvalue weighted by molar-refractivity contribution is 0.117. The molecule has 0 aromatic carbocycles. The summed E-state index contributed by atoms with van der Waals surface area (Å²) >= 11 is 0. The van der Waals surface area contributed by atoms with E-state index in [-0.39, 0.29) is 0 Å². The molecule has 1 atom stereocenters. The molecule has 2 fully saturated rings. The molecule has 0 unspecified atom stereocenters. The third kappa shape index (κ3) is 4.94. The van der Waals surface area contributed by atoms with Gasteiger partial charge < -0.3 is 15.4 Å². The zero-order chi connectivity index (χ0) is 11.9. The highest BCUT2D eigenvalue weighted by molar-refractivity contribution is 5.80. The molecule has 17 heavy (non-hydrogen) atoms. The first-order chi connectivity index (χ1) is 8.38. The topological polar surface area (TPSA) is 45.7 Å². The molecule has 2 rings (SSSR count). The molecule has 98 valence electrons. The summed E-state index contributed by atoms with van der Waals surface area (Å²) in [6.45, 7) is 4.93. The molecule has 1 aliphatic heterocycles. The molecule has 2 aliphatic rings. The van der Waals surface area contributed by atoms with Crippen molar-refractivity contribution in [1.82, 2.24) is 10.6 Å². The zero-order valence-electron chi connectivity index (χ0n) is 10.9. The maximum Gasteiger partial charge on any atom is 0.191 e. The van der Waals surface area contributed by atoms with Crippen LogP contribution in [0.15, 0.2) is 4.99 Å². The summed E-state index contributed by atoms with van der Waals surface area (Å²) in [4.78, 5) is 4.63. The van der Waals surface area contributed by atoms with E-state index in [2.05, 4.69) is 22.5 Å². The SMILES string of the molecule is CCCCNC(=NC[C@@H]1CCCO1)NC1CC1. The summed E-state index contributed by atoms with van der Waals surface area (Å²) in [5.74, 6) is 0.983. The van der Waals surface area contributed by atoms with E-state index < -0.39 is 0 Å². The fourth-order valence-corrected chi connectivity index (χ4v) is 1.94. The van der Waals surface area contributed by atoms with E-state index in [1.165, 1.54) is 32.1 Å². The van der Waals surface area contributed by atoms with Crippen molar-refractivity contribution in [1.29, 1.82) is 0 Å². The number of aliphatic imine (C=N–C) groups is 1. The summed E-state index contributed by atoms with van der Waals surface area (Å²) in [6, 6.07) is 0.660. The van der Waals surface area contributed by atoms with Crippen molar-refractivity contribution >= 4 is 5.96 Å². The molecule has 0 aromatic rings. The van der Waals surface area contributed by atoms with Crippen LogP contribution in [0.3, 0.4) is 0 Å². The minimum Gasteiger partial charge on any atom is -0.376 e. The quantitative estimate of drug-likeness (QED) is 0.421. The summed E-state index contributed by atoms with van der Waals surface area (Å²) in [7, 11) is 0. The van der Waals surface area contributed by atoms with Crippen molar-refractivity contribution < 1.29 is 4.74 Å². The van der Waals surface area contributed by atoms with Crippen LogP contribution in [-0.4, -0.2) is 37.8 Å². The third-order valence-electron chi connectivity index (χ3n) is 3.22. The summed E-state index contributed by atoms with van der Waals surface area (Å²) in [5.41, 5.74) is 0. The molecule has 1 aliphatic carbocycles. The lowest BCUT2D eigenvalue weighted by atomic mass is 10.2. The minimum atomic E-state index is 0.346. The van der Waals surface area contributed by atoms with Gasteiger partial charge in [0.1, 0.15) is 0 Å². The van der Waals surface area contributed by atoms with Gasteiger partial charge >= 0.3 is 0 Å². The highest BCUT2D eigenvalue weighted by Crippen LogP contribution is 2.18. The van der Waals surface area contributed by atoms with Crippen LogP contribution in [0, 0.1) is 0 Å². The molecule has 1 saturated carbocycles. The molecule has 4 heteroatoms. The van der Waals surface area contributed by atoms with Crippen LogP contribution >= 0.6 is 0 Å². The van der Waals surface area contributed by atoms with Crippen molar-refractivity contribution in [2.45, 2.75) is 57.6 Å². The molecular weight excluding hydrogens is 214 g/mol. The van der Waals surface area contributed by atoms with Gasteiger partial charge in [-0.3, -0.25) is 4.99 Å². The Morgan fingerprint density at radius 3 is 2.88 bits per heavy atom. The van der Waals surface area contributed by atoms with Crippen molar-refractivity contribution in [2.75, 3.05) is 19.7 Å². The van der Waals surface area contributed by atoms with Crippen molar-refractivity contribution in [3.05, 3.63) is 0 Å². The molecule has 1 saturated heterocycles. The van der Waals surface area contributed by atoms with Crippen LogP contribution in [-0.2, 0) is 4.74 Å². The van der Waals surface area contributed by atoms with Crippen LogP contribution in [0.5, 0.6) is 0 Å². The monoisotopic (exact) mass is 239 g/mol. The molecule has 0 bridgehead atoms. The van der Waals surface area contributed by atoms with Gasteiger partial charge in [-0.15, -0.1) is 0 Å². The van der Waals surface area contributed by atoms with Gasteiger partial charge in [0, 0.05) is 19.2 Å². The third-order valence-corrected chi connectivity index (χ3v) is 3.22. The molecule has 4 nitrogen and oxygen atoms in total. The molecule has 0 spiro atoms. The largest absolute Gasteiger partial charge is 0.376 e. The standard InChI is InChI=1S/C13H25N3O/c1-2-3-8-14-13(16-11-6-7-11)15-10-12-5-4-9-17-12/h11-12H,2-10H2,1H3,(H2,14,15,16)/t12-/m0/s1. The van der Waals surface area contributed by atoms with Crippen LogP contribution in [0.4, 0.5) is 0 Å². The predicted octanol–water partition coefficient (Wildman–Crippen LogP) is 1.66. The van der Waals surface area contributed by atoms with Gasteiger partial charge in [0.2, 0.25) is 0 Å². The highest BCUT2D eigenvalue weighted by atomic mass is 16.5. The van der Waals surface area contributed by atoms with Gasteiger partial charge in [-0.25, -0.2) is 0 Å². The lowest BCUT2D eigenvalue weighted by Crippen LogP contribution is -2.39. The van der Waals surface area contributed by atoms with E-state index in [1.807, 2.05) is 0 Å². The number of ether oxygens (including phenoxy) is 1. The average Bonchev–Trinajstić information content (AvgIpc) is 2.99. The minimum absolute atomic E-state index is 0.346. The Bertz CT molecular complexity index is 245. The van der Waals surface area contributed by atoms with Crippen molar-refractivity contribution in [3.8, 4) is 0 Å². The Labute approximate surface area is 104 Å². The van der Waals surface area contributed by atoms with Crippen molar-refractivity contribution in [3.63, 3.8) is 0 Å². The Morgan fingerprint density at radius 2 is 2.24 bits per heavy atom. The first-order valence-corrected chi connectivity index (χ1v) is 7.05. The maximum atomic E-state index is 5.59. The first kappa shape index (κ1) is 12.7. The van der Waals surface area contributed by atoms with Crippen LogP contribution in [0.25, 0.3) is 0 Å². The number of nitrogens with one attached hydrogen (secondary N) is 2. The number of guanidine groups is 1. The molecule has 0 amide bonds. The number of rotatable bonds is 6. The second kappa shape index (κ2) is 6.84. The van der Waals surface area contributed by atoms with E-state index in [9.17, 15) is 0 Å². The Balaban J connectivity index is 1.72. The smallest absolute Gasteiger partial charge is 0.191 e. The number of nitrogens with zero attached hydrogens (tertiary/aromatic N) is 1. The van der Waals surface area contributed by atoms with E-state index in [0.717, 1.165) is 32.1 Å². The van der Waals surface area contributed by atoms with E-state index in [0.29, 0.717) is 12.1 Å². The molecule has 2 N–H and O–H groups in total. The average molecular weight is 239 g/mol. The zero-order valence-corrected chi connectivity index (χ0v) is 10.9. The fourth-order valence-electron chi connectivity index (χ4n) is 1.94. The molecule has 1 heterocycles. The molecule has 0 aromatic heterocycles. The van der Waals surface area contributed by atoms with Crippen LogP contribution in [0.2, 0.25) is 0 Å². The normalized spacial score (nSPS) is 25.0. The predicted molar refractivity (Wildman–Crippen MR) is 70.3 cm³/mol. The van der Waals surface area contributed by atoms with E-state index in [4.69, 9.17) is 4.74 Å². The Kier molecular flexibility index (Phi) is 5.10. The Morgan fingerprint density at radius 1 is 1.35 bits per heavy atom. The van der Waals surface area contributed by atoms with Gasteiger partial charge in [0.25, 0.3) is 0 Å². The molecule has 0 radical (unpaired) electrons. The maximum absolute atomic E-state index is 5.59. The Hall–Kier alpha value is -0.770. The fraction of sp³-hybridized carbons (Fsp3) is 0.923. The van der Waals surface area contributed by atoms with Crippen molar-refractivity contribution in [2.24, 2.45) is 4.99 Å². The number of unbranched alkanes of at least 4 members (excludes halogenated alkanes) is 1. The van der Waals surface area contributed by atoms with E-state index >= 15 is 0 Å². The number of hydrogen-bond donors (Lipinski definition) is 2. The van der Waals surface area contributed by atoms with Gasteiger partial charge in [0.15, 0.2) is 5.96 Å². The molecular formula is C13H25N3O. The summed E-state index contributed by atoms with van der Waals surface area (Å²) in [6.07, 6.45) is 7.69. The van der Waals surface area contributed by atoms with Crippen LogP contribution in [0.1, 0.15) is 45.4 Å². The first-order valence-electron chi connectivity index (χ1n) is 7.05. The number of hydrogen-bond acceptors (Lipinski definition) is 2. The summed E-state index contributed by atoms with van der Waals surface area (Å²) in [5, 5.41) is 6.86. The van der Waals surface area contributed by atoms with E-state index in [1.54, 1.807) is 0 Å². The lowest BCUT2D eigenvalue weighted by Gasteiger charge is -2.13. The second-order valence-electron chi connectivity index (χ2n) is 5.02. The summed E-state index contributed by atoms with van der Waals surface area (Å²) < 4.78 is 5.59. The van der Waals surface area contributed by atoms with Gasteiger partial charge in [-0.1, -0.05) is 13.3 Å². The van der Waals surface area contributed by atoms with Gasteiger partial charge in [-0.2, -0.15) is 0 Å².